The van der Waals surface area contributed by atoms with Crippen molar-refractivity contribution < 1.29 is 9.53 Å². The number of hydrogen-bond acceptors (Lipinski definition) is 4. The summed E-state index contributed by atoms with van der Waals surface area (Å²) in [4.78, 5) is 15.9. The zero-order chi connectivity index (χ0) is 14.2. The average Bonchev–Trinajstić information content (AvgIpc) is 3.18. The predicted molar refractivity (Wildman–Crippen MR) is 81.8 cm³/mol. The highest BCUT2D eigenvalue weighted by Gasteiger charge is 2.37. The van der Waals surface area contributed by atoms with Crippen LogP contribution in [0.2, 0.25) is 0 Å². The Kier molecular flexibility index (Phi) is 3.22. The van der Waals surface area contributed by atoms with E-state index < -0.39 is 0 Å². The molecule has 4 rings (SSSR count). The van der Waals surface area contributed by atoms with E-state index in [0.29, 0.717) is 25.2 Å². The normalized spacial score (nSPS) is 28.8. The molecule has 0 radical (unpaired) electrons. The Morgan fingerprint density at radius 3 is 3.00 bits per heavy atom. The Hall–Kier alpha value is -1.75. The van der Waals surface area contributed by atoms with Crippen molar-refractivity contribution in [1.82, 2.24) is 4.90 Å². The molecule has 2 unspecified atom stereocenters. The molecule has 3 saturated heterocycles. The SMILES string of the molecule is O=C1OCCN1c1cccc(NC2CCN3CCCC23)c1. The van der Waals surface area contributed by atoms with Crippen LogP contribution in [0.4, 0.5) is 16.2 Å². The summed E-state index contributed by atoms with van der Waals surface area (Å²) in [6, 6.07) is 9.34. The molecule has 3 aliphatic heterocycles. The molecule has 0 saturated carbocycles. The van der Waals surface area contributed by atoms with Crippen molar-refractivity contribution in [2.45, 2.75) is 31.3 Å². The number of amides is 1. The van der Waals surface area contributed by atoms with Gasteiger partial charge in [0.25, 0.3) is 0 Å². The summed E-state index contributed by atoms with van der Waals surface area (Å²) in [5, 5.41) is 3.67. The maximum absolute atomic E-state index is 11.7. The molecule has 1 aromatic rings. The highest BCUT2D eigenvalue weighted by molar-refractivity contribution is 5.89. The minimum atomic E-state index is -0.241. The molecule has 5 heteroatoms. The third-order valence-electron chi connectivity index (χ3n) is 4.88. The van der Waals surface area contributed by atoms with Crippen LogP contribution in [0.25, 0.3) is 0 Å². The van der Waals surface area contributed by atoms with E-state index in [9.17, 15) is 4.79 Å². The fraction of sp³-hybridized carbons (Fsp3) is 0.562. The number of hydrogen-bond donors (Lipinski definition) is 1. The first kappa shape index (κ1) is 13.0. The van der Waals surface area contributed by atoms with Gasteiger partial charge < -0.3 is 10.1 Å². The fourth-order valence-electron chi connectivity index (χ4n) is 3.86. The van der Waals surface area contributed by atoms with Crippen molar-refractivity contribution in [1.29, 1.82) is 0 Å². The molecular formula is C16H21N3O2. The highest BCUT2D eigenvalue weighted by atomic mass is 16.6. The zero-order valence-electron chi connectivity index (χ0n) is 12.1. The molecular weight excluding hydrogens is 266 g/mol. The Morgan fingerprint density at radius 2 is 2.14 bits per heavy atom. The lowest BCUT2D eigenvalue weighted by atomic mass is 10.1. The zero-order valence-corrected chi connectivity index (χ0v) is 12.1. The number of carbonyl (C=O) groups is 1. The van der Waals surface area contributed by atoms with E-state index in [-0.39, 0.29) is 6.09 Å². The highest BCUT2D eigenvalue weighted by Crippen LogP contribution is 2.31. The van der Waals surface area contributed by atoms with E-state index >= 15 is 0 Å². The molecule has 2 atom stereocenters. The number of carbonyl (C=O) groups excluding carboxylic acids is 1. The predicted octanol–water partition coefficient (Wildman–Crippen LogP) is 2.29. The number of fused-ring (bicyclic) bond motifs is 1. The quantitative estimate of drug-likeness (QED) is 0.926. The number of ether oxygens (including phenoxy) is 1. The summed E-state index contributed by atoms with van der Waals surface area (Å²) >= 11 is 0. The summed E-state index contributed by atoms with van der Waals surface area (Å²) in [5.74, 6) is 0. The van der Waals surface area contributed by atoms with E-state index in [4.69, 9.17) is 4.74 Å². The molecule has 3 fully saturated rings. The van der Waals surface area contributed by atoms with Gasteiger partial charge in [0.05, 0.1) is 6.54 Å². The van der Waals surface area contributed by atoms with E-state index in [1.54, 1.807) is 4.90 Å². The van der Waals surface area contributed by atoms with Gasteiger partial charge in [-0.15, -0.1) is 0 Å². The number of cyclic esters (lactones) is 1. The van der Waals surface area contributed by atoms with Gasteiger partial charge in [0.2, 0.25) is 0 Å². The first-order valence-corrected chi connectivity index (χ1v) is 7.86. The second-order valence-electron chi connectivity index (χ2n) is 6.10. The van der Waals surface area contributed by atoms with Gasteiger partial charge in [-0.05, 0) is 44.0 Å². The van der Waals surface area contributed by atoms with Gasteiger partial charge in [-0.1, -0.05) is 6.07 Å². The van der Waals surface area contributed by atoms with Crippen LogP contribution < -0.4 is 10.2 Å². The van der Waals surface area contributed by atoms with Crippen LogP contribution >= 0.6 is 0 Å². The lowest BCUT2D eigenvalue weighted by molar-refractivity contribution is 0.181. The van der Waals surface area contributed by atoms with E-state index in [0.717, 1.165) is 11.4 Å². The molecule has 1 aromatic carbocycles. The molecule has 0 bridgehead atoms. The van der Waals surface area contributed by atoms with Crippen LogP contribution in [0, 0.1) is 0 Å². The minimum absolute atomic E-state index is 0.241. The summed E-state index contributed by atoms with van der Waals surface area (Å²) < 4.78 is 5.01. The molecule has 0 aromatic heterocycles. The second-order valence-corrected chi connectivity index (χ2v) is 6.10. The van der Waals surface area contributed by atoms with Crippen LogP contribution in [0.1, 0.15) is 19.3 Å². The molecule has 1 amide bonds. The Balaban J connectivity index is 1.49. The van der Waals surface area contributed by atoms with Crippen molar-refractivity contribution in [3.63, 3.8) is 0 Å². The number of nitrogens with one attached hydrogen (secondary N) is 1. The smallest absolute Gasteiger partial charge is 0.414 e. The summed E-state index contributed by atoms with van der Waals surface area (Å²) in [6.07, 6.45) is 3.59. The van der Waals surface area contributed by atoms with Crippen molar-refractivity contribution >= 4 is 17.5 Å². The Labute approximate surface area is 124 Å². The van der Waals surface area contributed by atoms with E-state index in [1.807, 2.05) is 12.1 Å². The van der Waals surface area contributed by atoms with Gasteiger partial charge in [0.15, 0.2) is 0 Å². The van der Waals surface area contributed by atoms with Gasteiger partial charge >= 0.3 is 6.09 Å². The molecule has 3 aliphatic rings. The standard InChI is InChI=1S/C16H21N3O2/c20-16-19(9-10-21-16)13-4-1-3-12(11-13)17-14-6-8-18-7-2-5-15(14)18/h1,3-4,11,14-15,17H,2,5-10H2. The van der Waals surface area contributed by atoms with E-state index in [2.05, 4.69) is 22.3 Å². The monoisotopic (exact) mass is 287 g/mol. The second kappa shape index (κ2) is 5.22. The van der Waals surface area contributed by atoms with Crippen LogP contribution in [0.15, 0.2) is 24.3 Å². The third-order valence-corrected chi connectivity index (χ3v) is 4.88. The molecule has 3 heterocycles. The molecule has 1 N–H and O–H groups in total. The lowest BCUT2D eigenvalue weighted by Gasteiger charge is -2.23. The molecule has 0 aliphatic carbocycles. The van der Waals surface area contributed by atoms with Gasteiger partial charge in [0, 0.05) is 30.0 Å². The molecule has 0 spiro atoms. The van der Waals surface area contributed by atoms with Crippen LogP contribution in [0.3, 0.4) is 0 Å². The van der Waals surface area contributed by atoms with Gasteiger partial charge in [0.1, 0.15) is 6.61 Å². The number of benzene rings is 1. The topological polar surface area (TPSA) is 44.8 Å². The van der Waals surface area contributed by atoms with Gasteiger partial charge in [-0.25, -0.2) is 4.79 Å². The minimum Gasteiger partial charge on any atom is -0.447 e. The van der Waals surface area contributed by atoms with E-state index in [1.165, 1.54) is 32.4 Å². The summed E-state index contributed by atoms with van der Waals surface area (Å²) in [6.45, 7) is 3.58. The lowest BCUT2D eigenvalue weighted by Crippen LogP contribution is -2.33. The Morgan fingerprint density at radius 1 is 1.19 bits per heavy atom. The first-order chi connectivity index (χ1) is 10.3. The Bertz CT molecular complexity index is 548. The molecule has 5 nitrogen and oxygen atoms in total. The van der Waals surface area contributed by atoms with Crippen LogP contribution in [0.5, 0.6) is 0 Å². The first-order valence-electron chi connectivity index (χ1n) is 7.86. The maximum Gasteiger partial charge on any atom is 0.414 e. The van der Waals surface area contributed by atoms with Gasteiger partial charge in [-0.2, -0.15) is 0 Å². The average molecular weight is 287 g/mol. The van der Waals surface area contributed by atoms with Crippen LogP contribution in [-0.2, 0) is 4.74 Å². The van der Waals surface area contributed by atoms with Crippen molar-refractivity contribution in [2.24, 2.45) is 0 Å². The van der Waals surface area contributed by atoms with Gasteiger partial charge in [-0.3, -0.25) is 9.80 Å². The summed E-state index contributed by atoms with van der Waals surface area (Å²) in [5.41, 5.74) is 2.02. The number of anilines is 2. The van der Waals surface area contributed by atoms with Crippen LogP contribution in [-0.4, -0.2) is 49.3 Å². The number of rotatable bonds is 3. The third kappa shape index (κ3) is 2.35. The fourth-order valence-corrected chi connectivity index (χ4v) is 3.86. The summed E-state index contributed by atoms with van der Waals surface area (Å²) in [7, 11) is 0. The largest absolute Gasteiger partial charge is 0.447 e. The maximum atomic E-state index is 11.7. The van der Waals surface area contributed by atoms with Crippen molar-refractivity contribution in [2.75, 3.05) is 36.5 Å². The van der Waals surface area contributed by atoms with Crippen molar-refractivity contribution in [3.05, 3.63) is 24.3 Å². The van der Waals surface area contributed by atoms with Crippen molar-refractivity contribution in [3.8, 4) is 0 Å². The molecule has 112 valence electrons. The molecule has 21 heavy (non-hydrogen) atoms. The number of nitrogens with zero attached hydrogens (tertiary/aromatic N) is 2.